The Morgan fingerprint density at radius 3 is 2.52 bits per heavy atom. The predicted molar refractivity (Wildman–Crippen MR) is 120 cm³/mol. The number of benzene rings is 1. The van der Waals surface area contributed by atoms with Crippen LogP contribution in [0, 0.1) is 0 Å². The van der Waals surface area contributed by atoms with Crippen molar-refractivity contribution in [2.75, 3.05) is 40.3 Å². The largest absolute Gasteiger partial charge is 0.343 e. The van der Waals surface area contributed by atoms with Crippen LogP contribution in [-0.4, -0.2) is 56.1 Å². The molecule has 0 radical (unpaired) electrons. The fourth-order valence-corrected chi connectivity index (χ4v) is 3.78. The Labute approximate surface area is 181 Å². The van der Waals surface area contributed by atoms with Crippen LogP contribution in [0.4, 0.5) is 28.8 Å². The minimum Gasteiger partial charge on any atom is -0.343 e. The van der Waals surface area contributed by atoms with Crippen LogP contribution in [0.1, 0.15) is 27.2 Å². The summed E-state index contributed by atoms with van der Waals surface area (Å²) in [5, 5.41) is 5.69. The number of sulfone groups is 1. The van der Waals surface area contributed by atoms with E-state index in [-0.39, 0.29) is 41.7 Å². The van der Waals surface area contributed by atoms with Gasteiger partial charge in [-0.3, -0.25) is 9.59 Å². The second-order valence-electron chi connectivity index (χ2n) is 7.62. The Bertz CT molecular complexity index is 1130. The predicted octanol–water partition coefficient (Wildman–Crippen LogP) is 2.16. The lowest BCUT2D eigenvalue weighted by Crippen LogP contribution is -2.47. The van der Waals surface area contributed by atoms with Crippen molar-refractivity contribution in [2.24, 2.45) is 0 Å². The summed E-state index contributed by atoms with van der Waals surface area (Å²) in [5.41, 5.74) is 1.35. The molecule has 2 heterocycles. The van der Waals surface area contributed by atoms with Crippen LogP contribution >= 0.6 is 0 Å². The number of fused-ring (bicyclic) bond motifs is 1. The second-order valence-corrected chi connectivity index (χ2v) is 9.64. The van der Waals surface area contributed by atoms with Crippen molar-refractivity contribution >= 4 is 50.5 Å². The first-order valence-electron chi connectivity index (χ1n) is 9.82. The summed E-state index contributed by atoms with van der Waals surface area (Å²) in [5.74, 6) is 0.559. The molecule has 0 spiro atoms. The van der Waals surface area contributed by atoms with E-state index < -0.39 is 9.84 Å². The zero-order chi connectivity index (χ0) is 22.9. The molecule has 1 aliphatic rings. The number of rotatable bonds is 6. The highest BCUT2D eigenvalue weighted by Gasteiger charge is 2.30. The SMILES string of the molecule is CCC(=O)Nc1cc(Nc2ncc3c(n2)N(C(C)C)CC(=O)N3C)cc(S(C)(=O)=O)c1. The number of likely N-dealkylation sites (N-methyl/N-ethyl adjacent to an activating group) is 1. The average Bonchev–Trinajstić information content (AvgIpc) is 2.69. The van der Waals surface area contributed by atoms with E-state index in [9.17, 15) is 18.0 Å². The number of anilines is 5. The molecule has 1 aliphatic heterocycles. The molecule has 2 amide bonds. The topological polar surface area (TPSA) is 125 Å². The van der Waals surface area contributed by atoms with Crippen LogP contribution in [0.2, 0.25) is 0 Å². The van der Waals surface area contributed by atoms with Gasteiger partial charge in [-0.05, 0) is 32.0 Å². The maximum atomic E-state index is 12.3. The maximum Gasteiger partial charge on any atom is 0.246 e. The molecular formula is C20H26N6O4S. The standard InChI is InChI=1S/C20H26N6O4S/c1-6-17(27)22-13-7-14(9-15(8-13)31(5,29)30)23-20-21-10-16-19(24-20)26(12(2)3)11-18(28)25(16)4/h7-10,12H,6,11H2,1-5H3,(H,22,27)(H,21,23,24). The summed E-state index contributed by atoms with van der Waals surface area (Å²) in [6.07, 6.45) is 2.91. The number of nitrogens with zero attached hydrogens (tertiary/aromatic N) is 4. The molecule has 0 unspecified atom stereocenters. The summed E-state index contributed by atoms with van der Waals surface area (Å²) in [6.45, 7) is 5.85. The number of amides is 2. The van der Waals surface area contributed by atoms with E-state index in [4.69, 9.17) is 0 Å². The van der Waals surface area contributed by atoms with Gasteiger partial charge in [-0.25, -0.2) is 13.4 Å². The molecule has 0 atom stereocenters. The molecule has 31 heavy (non-hydrogen) atoms. The van der Waals surface area contributed by atoms with Crippen molar-refractivity contribution in [1.29, 1.82) is 0 Å². The number of hydrogen-bond acceptors (Lipinski definition) is 8. The molecule has 3 rings (SSSR count). The van der Waals surface area contributed by atoms with Crippen LogP contribution in [0.3, 0.4) is 0 Å². The highest BCUT2D eigenvalue weighted by molar-refractivity contribution is 7.90. The molecule has 1 aromatic heterocycles. The lowest BCUT2D eigenvalue weighted by molar-refractivity contribution is -0.117. The molecule has 0 bridgehead atoms. The zero-order valence-electron chi connectivity index (χ0n) is 18.1. The van der Waals surface area contributed by atoms with Crippen molar-refractivity contribution in [3.63, 3.8) is 0 Å². The van der Waals surface area contributed by atoms with Gasteiger partial charge >= 0.3 is 0 Å². The summed E-state index contributed by atoms with van der Waals surface area (Å²) in [4.78, 5) is 36.3. The Balaban J connectivity index is 2.00. The summed E-state index contributed by atoms with van der Waals surface area (Å²) >= 11 is 0. The van der Waals surface area contributed by atoms with E-state index in [1.807, 2.05) is 18.7 Å². The van der Waals surface area contributed by atoms with Crippen LogP contribution in [0.5, 0.6) is 0 Å². The molecule has 0 saturated carbocycles. The van der Waals surface area contributed by atoms with E-state index in [1.165, 1.54) is 17.0 Å². The Kier molecular flexibility index (Phi) is 6.16. The molecular weight excluding hydrogens is 420 g/mol. The van der Waals surface area contributed by atoms with Gasteiger partial charge in [0.25, 0.3) is 0 Å². The van der Waals surface area contributed by atoms with E-state index in [0.717, 1.165) is 6.26 Å². The molecule has 0 saturated heterocycles. The third-order valence-electron chi connectivity index (χ3n) is 4.88. The van der Waals surface area contributed by atoms with Crippen molar-refractivity contribution in [3.8, 4) is 0 Å². The minimum atomic E-state index is -3.51. The molecule has 0 aliphatic carbocycles. The number of carbonyl (C=O) groups is 2. The van der Waals surface area contributed by atoms with E-state index >= 15 is 0 Å². The highest BCUT2D eigenvalue weighted by atomic mass is 32.2. The van der Waals surface area contributed by atoms with Crippen molar-refractivity contribution < 1.29 is 18.0 Å². The van der Waals surface area contributed by atoms with E-state index in [1.54, 1.807) is 26.2 Å². The lowest BCUT2D eigenvalue weighted by Gasteiger charge is -2.36. The first-order valence-corrected chi connectivity index (χ1v) is 11.7. The van der Waals surface area contributed by atoms with Crippen molar-refractivity contribution in [2.45, 2.75) is 38.1 Å². The molecule has 10 nitrogen and oxygen atoms in total. The summed E-state index contributed by atoms with van der Waals surface area (Å²) < 4.78 is 24.2. The first-order chi connectivity index (χ1) is 14.5. The average molecular weight is 447 g/mol. The van der Waals surface area contributed by atoms with E-state index in [2.05, 4.69) is 20.6 Å². The van der Waals surface area contributed by atoms with Gasteiger partial charge in [-0.2, -0.15) is 4.98 Å². The summed E-state index contributed by atoms with van der Waals surface area (Å²) in [6, 6.07) is 4.52. The fourth-order valence-electron chi connectivity index (χ4n) is 3.10. The molecule has 0 fully saturated rings. The highest BCUT2D eigenvalue weighted by Crippen LogP contribution is 2.33. The van der Waals surface area contributed by atoms with Gasteiger partial charge in [0.15, 0.2) is 15.7 Å². The third-order valence-corrected chi connectivity index (χ3v) is 5.97. The van der Waals surface area contributed by atoms with Gasteiger partial charge in [0.2, 0.25) is 17.8 Å². The Hall–Kier alpha value is -3.21. The summed E-state index contributed by atoms with van der Waals surface area (Å²) in [7, 11) is -1.84. The van der Waals surface area contributed by atoms with E-state index in [0.29, 0.717) is 22.9 Å². The molecule has 11 heteroatoms. The van der Waals surface area contributed by atoms with Crippen molar-refractivity contribution in [3.05, 3.63) is 24.4 Å². The monoisotopic (exact) mass is 446 g/mol. The smallest absolute Gasteiger partial charge is 0.246 e. The Morgan fingerprint density at radius 1 is 1.23 bits per heavy atom. The molecule has 1 aromatic carbocycles. The molecule has 2 N–H and O–H groups in total. The zero-order valence-corrected chi connectivity index (χ0v) is 18.9. The van der Waals surface area contributed by atoms with Crippen molar-refractivity contribution in [1.82, 2.24) is 9.97 Å². The van der Waals surface area contributed by atoms with Crippen LogP contribution in [-0.2, 0) is 19.4 Å². The fraction of sp³-hybridized carbons (Fsp3) is 0.400. The number of aromatic nitrogens is 2. The van der Waals surface area contributed by atoms with Crippen LogP contribution in [0.25, 0.3) is 0 Å². The molecule has 2 aromatic rings. The number of hydrogen-bond donors (Lipinski definition) is 2. The maximum absolute atomic E-state index is 12.3. The third kappa shape index (κ3) is 4.93. The minimum absolute atomic E-state index is 0.0450. The van der Waals surface area contributed by atoms with Gasteiger partial charge in [-0.1, -0.05) is 6.92 Å². The van der Waals surface area contributed by atoms with Gasteiger partial charge in [0.1, 0.15) is 5.69 Å². The quantitative estimate of drug-likeness (QED) is 0.692. The van der Waals surface area contributed by atoms with Gasteiger partial charge in [-0.15, -0.1) is 0 Å². The van der Waals surface area contributed by atoms with Gasteiger partial charge < -0.3 is 20.4 Å². The normalized spacial score (nSPS) is 13.9. The van der Waals surface area contributed by atoms with Gasteiger partial charge in [0, 0.05) is 37.1 Å². The van der Waals surface area contributed by atoms with Crippen LogP contribution < -0.4 is 20.4 Å². The van der Waals surface area contributed by atoms with Gasteiger partial charge in [0.05, 0.1) is 17.6 Å². The molecule has 166 valence electrons. The number of nitrogens with one attached hydrogen (secondary N) is 2. The van der Waals surface area contributed by atoms with Crippen LogP contribution in [0.15, 0.2) is 29.3 Å². The first kappa shape index (κ1) is 22.5. The lowest BCUT2D eigenvalue weighted by atomic mass is 10.2. The Morgan fingerprint density at radius 2 is 1.90 bits per heavy atom. The number of carbonyl (C=O) groups excluding carboxylic acids is 2. The second kappa shape index (κ2) is 8.50.